The number of aromatic nitrogens is 1. The van der Waals surface area contributed by atoms with Crippen molar-refractivity contribution >= 4 is 17.4 Å². The molecule has 88 valence electrons. The maximum Gasteiger partial charge on any atom is 0.126 e. The van der Waals surface area contributed by atoms with Gasteiger partial charge in [0.05, 0.1) is 5.02 Å². The standard InChI is InChI=1S/C12H18ClN3/c1-16(2)12(6-3-7-12)9-15-11-5-4-10(13)8-14-11/h4-5,8H,3,6-7,9H2,1-2H3,(H,14,15). The number of hydrogen-bond acceptors (Lipinski definition) is 3. The topological polar surface area (TPSA) is 28.2 Å². The molecule has 1 aromatic rings. The van der Waals surface area contributed by atoms with E-state index in [1.165, 1.54) is 19.3 Å². The number of hydrogen-bond donors (Lipinski definition) is 1. The van der Waals surface area contributed by atoms with E-state index in [9.17, 15) is 0 Å². The Hall–Kier alpha value is -0.800. The van der Waals surface area contributed by atoms with Crippen LogP contribution < -0.4 is 5.32 Å². The second-order valence-electron chi connectivity index (χ2n) is 4.69. The second-order valence-corrected chi connectivity index (χ2v) is 5.12. The van der Waals surface area contributed by atoms with E-state index in [0.29, 0.717) is 10.6 Å². The normalized spacial score (nSPS) is 18.2. The molecule has 1 aliphatic rings. The summed E-state index contributed by atoms with van der Waals surface area (Å²) in [4.78, 5) is 6.56. The molecule has 0 spiro atoms. The van der Waals surface area contributed by atoms with Crippen molar-refractivity contribution in [2.24, 2.45) is 0 Å². The number of nitrogens with one attached hydrogen (secondary N) is 1. The van der Waals surface area contributed by atoms with E-state index in [4.69, 9.17) is 11.6 Å². The molecule has 1 saturated carbocycles. The van der Waals surface area contributed by atoms with Crippen LogP contribution in [0.2, 0.25) is 5.02 Å². The van der Waals surface area contributed by atoms with Gasteiger partial charge in [0.1, 0.15) is 5.82 Å². The van der Waals surface area contributed by atoms with Crippen molar-refractivity contribution < 1.29 is 0 Å². The monoisotopic (exact) mass is 239 g/mol. The Labute approximate surface area is 102 Å². The lowest BCUT2D eigenvalue weighted by atomic mass is 9.75. The van der Waals surface area contributed by atoms with Gasteiger partial charge < -0.3 is 10.2 Å². The van der Waals surface area contributed by atoms with E-state index >= 15 is 0 Å². The third-order valence-corrected chi connectivity index (χ3v) is 3.78. The largest absolute Gasteiger partial charge is 0.368 e. The van der Waals surface area contributed by atoms with E-state index in [0.717, 1.165) is 12.4 Å². The molecule has 1 N–H and O–H groups in total. The maximum atomic E-state index is 5.79. The summed E-state index contributed by atoms with van der Waals surface area (Å²) in [5, 5.41) is 4.06. The Morgan fingerprint density at radius 2 is 2.19 bits per heavy atom. The lowest BCUT2D eigenvalue weighted by Gasteiger charge is -2.47. The molecule has 0 amide bonds. The molecular weight excluding hydrogens is 222 g/mol. The highest BCUT2D eigenvalue weighted by atomic mass is 35.5. The van der Waals surface area contributed by atoms with Crippen LogP contribution in [0.3, 0.4) is 0 Å². The number of likely N-dealkylation sites (N-methyl/N-ethyl adjacent to an activating group) is 1. The van der Waals surface area contributed by atoms with Crippen LogP contribution in [0.4, 0.5) is 5.82 Å². The van der Waals surface area contributed by atoms with Crippen molar-refractivity contribution in [1.82, 2.24) is 9.88 Å². The predicted octanol–water partition coefficient (Wildman–Crippen LogP) is 2.63. The smallest absolute Gasteiger partial charge is 0.126 e. The van der Waals surface area contributed by atoms with Crippen molar-refractivity contribution in [3.05, 3.63) is 23.4 Å². The molecule has 0 aromatic carbocycles. The molecule has 1 aromatic heterocycles. The SMILES string of the molecule is CN(C)C1(CNc2ccc(Cl)cn2)CCC1. The highest BCUT2D eigenvalue weighted by Crippen LogP contribution is 2.36. The van der Waals surface area contributed by atoms with E-state index < -0.39 is 0 Å². The average Bonchev–Trinajstić information content (AvgIpc) is 2.18. The number of pyridine rings is 1. The highest BCUT2D eigenvalue weighted by Gasteiger charge is 2.38. The molecule has 0 radical (unpaired) electrons. The summed E-state index contributed by atoms with van der Waals surface area (Å²) in [6.07, 6.45) is 5.53. The van der Waals surface area contributed by atoms with Crippen molar-refractivity contribution in [2.75, 3.05) is 26.0 Å². The van der Waals surface area contributed by atoms with Gasteiger partial charge in [-0.05, 0) is 45.5 Å². The van der Waals surface area contributed by atoms with Crippen LogP contribution in [0.5, 0.6) is 0 Å². The Balaban J connectivity index is 1.93. The van der Waals surface area contributed by atoms with Gasteiger partial charge in [0.2, 0.25) is 0 Å². The molecule has 1 heterocycles. The van der Waals surface area contributed by atoms with Crippen LogP contribution in [0, 0.1) is 0 Å². The summed E-state index contributed by atoms with van der Waals surface area (Å²) in [5.41, 5.74) is 0.321. The van der Waals surface area contributed by atoms with Crippen LogP contribution in [0.15, 0.2) is 18.3 Å². The van der Waals surface area contributed by atoms with E-state index in [1.54, 1.807) is 6.20 Å². The molecule has 4 heteroatoms. The molecule has 3 nitrogen and oxygen atoms in total. The minimum Gasteiger partial charge on any atom is -0.368 e. The van der Waals surface area contributed by atoms with E-state index in [-0.39, 0.29) is 0 Å². The molecule has 1 fully saturated rings. The van der Waals surface area contributed by atoms with Crippen LogP contribution >= 0.6 is 11.6 Å². The molecule has 0 saturated heterocycles. The van der Waals surface area contributed by atoms with Crippen molar-refractivity contribution in [1.29, 1.82) is 0 Å². The fourth-order valence-corrected chi connectivity index (χ4v) is 2.21. The third-order valence-electron chi connectivity index (χ3n) is 3.56. The van der Waals surface area contributed by atoms with Gasteiger partial charge >= 0.3 is 0 Å². The van der Waals surface area contributed by atoms with Gasteiger partial charge in [-0.25, -0.2) is 4.98 Å². The molecule has 1 aliphatic carbocycles. The zero-order valence-electron chi connectivity index (χ0n) is 9.83. The molecule has 0 unspecified atom stereocenters. The zero-order valence-corrected chi connectivity index (χ0v) is 10.6. The maximum absolute atomic E-state index is 5.79. The average molecular weight is 240 g/mol. The highest BCUT2D eigenvalue weighted by molar-refractivity contribution is 6.30. The van der Waals surface area contributed by atoms with Gasteiger partial charge in [0, 0.05) is 18.3 Å². The second kappa shape index (κ2) is 4.60. The first kappa shape index (κ1) is 11.7. The van der Waals surface area contributed by atoms with Gasteiger partial charge in [0.15, 0.2) is 0 Å². The first-order valence-electron chi connectivity index (χ1n) is 5.65. The Morgan fingerprint density at radius 3 is 2.62 bits per heavy atom. The summed E-state index contributed by atoms with van der Waals surface area (Å²) < 4.78 is 0. The van der Waals surface area contributed by atoms with Gasteiger partial charge in [-0.1, -0.05) is 11.6 Å². The van der Waals surface area contributed by atoms with Crippen molar-refractivity contribution in [2.45, 2.75) is 24.8 Å². The third kappa shape index (κ3) is 2.30. The molecule has 0 aliphatic heterocycles. The van der Waals surface area contributed by atoms with Gasteiger partial charge in [-0.15, -0.1) is 0 Å². The molecule has 16 heavy (non-hydrogen) atoms. The Morgan fingerprint density at radius 1 is 1.44 bits per heavy atom. The predicted molar refractivity (Wildman–Crippen MR) is 68.0 cm³/mol. The van der Waals surface area contributed by atoms with Crippen molar-refractivity contribution in [3.8, 4) is 0 Å². The number of rotatable bonds is 4. The summed E-state index contributed by atoms with van der Waals surface area (Å²) >= 11 is 5.79. The van der Waals surface area contributed by atoms with Gasteiger partial charge in [-0.3, -0.25) is 0 Å². The number of nitrogens with zero attached hydrogens (tertiary/aromatic N) is 2. The summed E-state index contributed by atoms with van der Waals surface area (Å²) in [6, 6.07) is 3.78. The lowest BCUT2D eigenvalue weighted by molar-refractivity contribution is 0.0738. The van der Waals surface area contributed by atoms with Crippen LogP contribution in [0.25, 0.3) is 0 Å². The van der Waals surface area contributed by atoms with Gasteiger partial charge in [0.25, 0.3) is 0 Å². The fraction of sp³-hybridized carbons (Fsp3) is 0.583. The summed E-state index contributed by atoms with van der Waals surface area (Å²) in [6.45, 7) is 0.953. The number of anilines is 1. The quantitative estimate of drug-likeness (QED) is 0.876. The van der Waals surface area contributed by atoms with Crippen molar-refractivity contribution in [3.63, 3.8) is 0 Å². The number of halogens is 1. The van der Waals surface area contributed by atoms with Crippen LogP contribution in [-0.4, -0.2) is 36.1 Å². The Kier molecular flexibility index (Phi) is 3.36. The first-order chi connectivity index (χ1) is 7.62. The van der Waals surface area contributed by atoms with E-state index in [2.05, 4.69) is 29.3 Å². The minimum atomic E-state index is 0.321. The fourth-order valence-electron chi connectivity index (χ4n) is 2.10. The minimum absolute atomic E-state index is 0.321. The first-order valence-corrected chi connectivity index (χ1v) is 6.03. The lowest BCUT2D eigenvalue weighted by Crippen LogP contribution is -2.54. The molecular formula is C12H18ClN3. The van der Waals surface area contributed by atoms with Gasteiger partial charge in [-0.2, -0.15) is 0 Å². The summed E-state index contributed by atoms with van der Waals surface area (Å²) in [7, 11) is 4.30. The van der Waals surface area contributed by atoms with E-state index in [1.807, 2.05) is 12.1 Å². The molecule has 2 rings (SSSR count). The Bertz CT molecular complexity index is 344. The zero-order chi connectivity index (χ0) is 11.6. The molecule has 0 atom stereocenters. The van der Waals surface area contributed by atoms with Crippen LogP contribution in [0.1, 0.15) is 19.3 Å². The van der Waals surface area contributed by atoms with Crippen LogP contribution in [-0.2, 0) is 0 Å². The molecule has 0 bridgehead atoms. The summed E-state index contributed by atoms with van der Waals surface area (Å²) in [5.74, 6) is 0.900.